The third-order valence-electron chi connectivity index (χ3n) is 3.90. The zero-order valence-electron chi connectivity index (χ0n) is 11.0. The van der Waals surface area contributed by atoms with Gasteiger partial charge < -0.3 is 15.2 Å². The molecule has 4 atom stereocenters. The molecular weight excluding hydrogens is 338 g/mol. The molecule has 21 heavy (non-hydrogen) atoms. The van der Waals surface area contributed by atoms with Crippen molar-refractivity contribution >= 4 is 27.8 Å². The van der Waals surface area contributed by atoms with Crippen molar-refractivity contribution < 1.29 is 19.4 Å². The first kappa shape index (κ1) is 14.3. The number of fused-ring (bicyclic) bond motifs is 2. The quantitative estimate of drug-likeness (QED) is 0.810. The van der Waals surface area contributed by atoms with Crippen LogP contribution in [0.5, 0.6) is 0 Å². The van der Waals surface area contributed by atoms with Crippen molar-refractivity contribution in [3.05, 3.63) is 46.5 Å². The first-order valence-electron chi connectivity index (χ1n) is 6.65. The fourth-order valence-corrected chi connectivity index (χ4v) is 3.28. The van der Waals surface area contributed by atoms with Crippen LogP contribution >= 0.6 is 15.9 Å². The van der Waals surface area contributed by atoms with Gasteiger partial charge in [0.05, 0.1) is 18.1 Å². The highest BCUT2D eigenvalue weighted by Crippen LogP contribution is 2.39. The molecule has 1 aromatic rings. The second kappa shape index (κ2) is 5.61. The highest BCUT2D eigenvalue weighted by atomic mass is 79.9. The maximum Gasteiger partial charge on any atom is 0.310 e. The van der Waals surface area contributed by atoms with Crippen molar-refractivity contribution in [1.82, 2.24) is 5.32 Å². The predicted octanol–water partition coefficient (Wildman–Crippen LogP) is 1.72. The number of benzene rings is 1. The first-order valence-corrected chi connectivity index (χ1v) is 7.45. The molecule has 1 saturated heterocycles. The summed E-state index contributed by atoms with van der Waals surface area (Å²) in [5.74, 6) is -2.75. The van der Waals surface area contributed by atoms with E-state index in [0.29, 0.717) is 6.54 Å². The lowest BCUT2D eigenvalue weighted by Gasteiger charge is -2.21. The van der Waals surface area contributed by atoms with Gasteiger partial charge in [-0.25, -0.2) is 0 Å². The van der Waals surface area contributed by atoms with Crippen LogP contribution in [0.4, 0.5) is 0 Å². The van der Waals surface area contributed by atoms with Crippen LogP contribution in [0.15, 0.2) is 40.9 Å². The molecule has 2 N–H and O–H groups in total. The van der Waals surface area contributed by atoms with E-state index in [1.54, 1.807) is 12.2 Å². The van der Waals surface area contributed by atoms with E-state index in [0.717, 1.165) is 10.0 Å². The Morgan fingerprint density at radius 3 is 2.52 bits per heavy atom. The van der Waals surface area contributed by atoms with Gasteiger partial charge in [-0.05, 0) is 11.6 Å². The van der Waals surface area contributed by atoms with E-state index in [9.17, 15) is 14.7 Å². The van der Waals surface area contributed by atoms with Crippen LogP contribution in [0.2, 0.25) is 0 Å². The van der Waals surface area contributed by atoms with Gasteiger partial charge in [0.2, 0.25) is 5.91 Å². The number of carbonyl (C=O) groups is 2. The van der Waals surface area contributed by atoms with Crippen molar-refractivity contribution in [3.8, 4) is 0 Å². The third-order valence-corrected chi connectivity index (χ3v) is 4.67. The number of carbonyl (C=O) groups excluding carboxylic acids is 1. The summed E-state index contributed by atoms with van der Waals surface area (Å²) in [4.78, 5) is 23.7. The Morgan fingerprint density at radius 2 is 1.86 bits per heavy atom. The summed E-state index contributed by atoms with van der Waals surface area (Å²) in [5, 5.41) is 12.1. The zero-order valence-corrected chi connectivity index (χ0v) is 12.6. The highest BCUT2D eigenvalue weighted by Gasteiger charge is 2.53. The molecule has 0 aromatic heterocycles. The number of amides is 1. The van der Waals surface area contributed by atoms with E-state index >= 15 is 0 Å². The molecule has 2 aliphatic heterocycles. The van der Waals surface area contributed by atoms with Crippen LogP contribution in [0, 0.1) is 11.8 Å². The van der Waals surface area contributed by atoms with E-state index < -0.39 is 30.0 Å². The molecule has 1 aromatic carbocycles. The molecule has 0 aliphatic carbocycles. The second-order valence-corrected chi connectivity index (χ2v) is 6.00. The number of carboxylic acids is 1. The Kier molecular flexibility index (Phi) is 3.82. The standard InChI is InChI=1S/C15H14BrNO4/c16-9-4-2-1-3-8(9)7-17-14(18)12-10-5-6-11(21-10)13(12)15(19)20/h1-6,10-13H,7H2,(H,17,18)(H,19,20)/t10-,11+,12-,13+/m1/s1. The van der Waals surface area contributed by atoms with Crippen molar-refractivity contribution in [2.24, 2.45) is 11.8 Å². The first-order chi connectivity index (χ1) is 10.1. The van der Waals surface area contributed by atoms with E-state index in [2.05, 4.69) is 21.2 Å². The number of hydrogen-bond donors (Lipinski definition) is 2. The summed E-state index contributed by atoms with van der Waals surface area (Å²) in [5.41, 5.74) is 0.942. The van der Waals surface area contributed by atoms with Gasteiger partial charge in [0.25, 0.3) is 0 Å². The summed E-state index contributed by atoms with van der Waals surface area (Å²) >= 11 is 3.42. The zero-order chi connectivity index (χ0) is 15.0. The fourth-order valence-electron chi connectivity index (χ4n) is 2.86. The molecule has 1 fully saturated rings. The molecule has 0 radical (unpaired) electrons. The average molecular weight is 352 g/mol. The molecule has 2 bridgehead atoms. The van der Waals surface area contributed by atoms with E-state index in [1.165, 1.54) is 0 Å². The summed E-state index contributed by atoms with van der Waals surface area (Å²) in [6.45, 7) is 0.351. The SMILES string of the molecule is O=C(O)[C@@H]1[C@H](C(=O)NCc2ccccc2Br)[C@H]2C=C[C@@H]1O2. The smallest absolute Gasteiger partial charge is 0.310 e. The van der Waals surface area contributed by atoms with Crippen LogP contribution in [0.3, 0.4) is 0 Å². The number of rotatable bonds is 4. The fraction of sp³-hybridized carbons (Fsp3) is 0.333. The Hall–Kier alpha value is -1.66. The Bertz CT molecular complexity index is 615. The molecule has 110 valence electrons. The molecule has 0 unspecified atom stereocenters. The van der Waals surface area contributed by atoms with E-state index in [1.807, 2.05) is 24.3 Å². The molecule has 0 spiro atoms. The van der Waals surface area contributed by atoms with Crippen LogP contribution in [-0.2, 0) is 20.9 Å². The molecule has 1 amide bonds. The van der Waals surface area contributed by atoms with Gasteiger partial charge in [0, 0.05) is 11.0 Å². The summed E-state index contributed by atoms with van der Waals surface area (Å²) < 4.78 is 6.40. The molecule has 6 heteroatoms. The van der Waals surface area contributed by atoms with Crippen molar-refractivity contribution in [2.45, 2.75) is 18.8 Å². The Morgan fingerprint density at radius 1 is 1.19 bits per heavy atom. The largest absolute Gasteiger partial charge is 0.481 e. The number of carboxylic acid groups (broad SMARTS) is 1. The second-order valence-electron chi connectivity index (χ2n) is 5.15. The Labute approximate surface area is 130 Å². The average Bonchev–Trinajstić information content (AvgIpc) is 3.06. The maximum atomic E-state index is 12.3. The molecule has 5 nitrogen and oxygen atoms in total. The molecule has 3 rings (SSSR count). The van der Waals surface area contributed by atoms with Gasteiger partial charge in [-0.1, -0.05) is 46.3 Å². The van der Waals surface area contributed by atoms with E-state index in [4.69, 9.17) is 4.74 Å². The molecule has 2 heterocycles. The van der Waals surface area contributed by atoms with Gasteiger partial charge in [-0.3, -0.25) is 9.59 Å². The van der Waals surface area contributed by atoms with Crippen LogP contribution < -0.4 is 5.32 Å². The van der Waals surface area contributed by atoms with Gasteiger partial charge in [-0.2, -0.15) is 0 Å². The Balaban J connectivity index is 1.69. The monoisotopic (exact) mass is 351 g/mol. The highest BCUT2D eigenvalue weighted by molar-refractivity contribution is 9.10. The van der Waals surface area contributed by atoms with Crippen LogP contribution in [-0.4, -0.2) is 29.2 Å². The van der Waals surface area contributed by atoms with Crippen LogP contribution in [0.1, 0.15) is 5.56 Å². The van der Waals surface area contributed by atoms with Gasteiger partial charge >= 0.3 is 5.97 Å². The summed E-state index contributed by atoms with van der Waals surface area (Å²) in [6, 6.07) is 7.57. The molecule has 2 aliphatic rings. The van der Waals surface area contributed by atoms with Crippen molar-refractivity contribution in [1.29, 1.82) is 0 Å². The minimum Gasteiger partial charge on any atom is -0.481 e. The summed E-state index contributed by atoms with van der Waals surface area (Å²) in [7, 11) is 0. The number of aliphatic carboxylic acids is 1. The van der Waals surface area contributed by atoms with Gasteiger partial charge in [0.15, 0.2) is 0 Å². The topological polar surface area (TPSA) is 75.6 Å². The number of nitrogens with one attached hydrogen (secondary N) is 1. The van der Waals surface area contributed by atoms with E-state index in [-0.39, 0.29) is 5.91 Å². The minimum atomic E-state index is -0.993. The molecule has 0 saturated carbocycles. The van der Waals surface area contributed by atoms with Crippen molar-refractivity contribution in [2.75, 3.05) is 0 Å². The summed E-state index contributed by atoms with van der Waals surface area (Å²) in [6.07, 6.45) is 2.57. The molecular formula is C15H14BrNO4. The van der Waals surface area contributed by atoms with Crippen molar-refractivity contribution in [3.63, 3.8) is 0 Å². The minimum absolute atomic E-state index is 0.282. The van der Waals surface area contributed by atoms with Crippen LogP contribution in [0.25, 0.3) is 0 Å². The lowest BCUT2D eigenvalue weighted by molar-refractivity contribution is -0.146. The lowest BCUT2D eigenvalue weighted by atomic mass is 9.82. The predicted molar refractivity (Wildman–Crippen MR) is 78.4 cm³/mol. The number of hydrogen-bond acceptors (Lipinski definition) is 3. The number of halogens is 1. The maximum absolute atomic E-state index is 12.3. The van der Waals surface area contributed by atoms with Gasteiger partial charge in [0.1, 0.15) is 5.92 Å². The van der Waals surface area contributed by atoms with Gasteiger partial charge in [-0.15, -0.1) is 0 Å². The normalized spacial score (nSPS) is 29.6. The lowest BCUT2D eigenvalue weighted by Crippen LogP contribution is -2.42. The number of ether oxygens (including phenoxy) is 1. The third kappa shape index (κ3) is 2.61.